The monoisotopic (exact) mass is 223 g/mol. The van der Waals surface area contributed by atoms with Gasteiger partial charge in [0.15, 0.2) is 0 Å². The molecule has 0 fully saturated rings. The van der Waals surface area contributed by atoms with Crippen molar-refractivity contribution in [3.05, 3.63) is 23.3 Å². The summed E-state index contributed by atoms with van der Waals surface area (Å²) in [6.07, 6.45) is 5.80. The summed E-state index contributed by atoms with van der Waals surface area (Å²) in [5.41, 5.74) is 2.66. The maximum absolute atomic E-state index is 11.7. The van der Waals surface area contributed by atoms with Gasteiger partial charge in [0.1, 0.15) is 0 Å². The van der Waals surface area contributed by atoms with Gasteiger partial charge in [0, 0.05) is 13.1 Å². The number of nitrogens with zero attached hydrogens (tertiary/aromatic N) is 1. The molecule has 1 amide bonds. The van der Waals surface area contributed by atoms with Crippen LogP contribution < -0.4 is 0 Å². The molecule has 0 aromatic carbocycles. The first-order valence-electron chi connectivity index (χ1n) is 5.53. The minimum absolute atomic E-state index is 0.112. The summed E-state index contributed by atoms with van der Waals surface area (Å²) in [6, 6.07) is 0. The van der Waals surface area contributed by atoms with Gasteiger partial charge in [-0.1, -0.05) is 25.5 Å². The quantitative estimate of drug-likeness (QED) is 0.532. The number of rotatable bonds is 2. The number of hydrogen-bond acceptors (Lipinski definition) is 2. The summed E-state index contributed by atoms with van der Waals surface area (Å²) in [7, 11) is 3.10. The van der Waals surface area contributed by atoms with Crippen molar-refractivity contribution in [2.75, 3.05) is 14.2 Å². The fraction of sp³-hybridized carbons (Fsp3) is 0.615. The Bertz CT molecular complexity index is 340. The molecule has 0 bridgehead atoms. The molecule has 16 heavy (non-hydrogen) atoms. The Balaban J connectivity index is 2.85. The Morgan fingerprint density at radius 2 is 2.12 bits per heavy atom. The number of hydroxylamine groups is 2. The van der Waals surface area contributed by atoms with E-state index >= 15 is 0 Å². The van der Waals surface area contributed by atoms with E-state index in [1.54, 1.807) is 13.1 Å². The van der Waals surface area contributed by atoms with Gasteiger partial charge in [-0.15, -0.1) is 0 Å². The molecule has 90 valence electrons. The third kappa shape index (κ3) is 3.49. The van der Waals surface area contributed by atoms with Crippen LogP contribution in [0.15, 0.2) is 23.3 Å². The second-order valence-corrected chi connectivity index (χ2v) is 5.25. The van der Waals surface area contributed by atoms with Gasteiger partial charge in [-0.3, -0.25) is 9.63 Å². The van der Waals surface area contributed by atoms with E-state index in [-0.39, 0.29) is 11.3 Å². The van der Waals surface area contributed by atoms with E-state index in [0.29, 0.717) is 0 Å². The molecule has 0 aromatic rings. The van der Waals surface area contributed by atoms with Gasteiger partial charge in [-0.05, 0) is 30.8 Å². The molecule has 0 radical (unpaired) electrons. The van der Waals surface area contributed by atoms with Crippen molar-refractivity contribution in [3.8, 4) is 0 Å². The largest absolute Gasteiger partial charge is 0.274 e. The first-order chi connectivity index (χ1) is 7.34. The maximum Gasteiger partial charge on any atom is 0.270 e. The van der Waals surface area contributed by atoms with Gasteiger partial charge in [0.2, 0.25) is 0 Å². The molecule has 0 aliphatic heterocycles. The fourth-order valence-electron chi connectivity index (χ4n) is 2.22. The van der Waals surface area contributed by atoms with Crippen molar-refractivity contribution < 1.29 is 9.63 Å². The van der Waals surface area contributed by atoms with Crippen molar-refractivity contribution in [1.29, 1.82) is 0 Å². The first kappa shape index (κ1) is 13.0. The van der Waals surface area contributed by atoms with Gasteiger partial charge < -0.3 is 0 Å². The maximum atomic E-state index is 11.7. The lowest BCUT2D eigenvalue weighted by molar-refractivity contribution is -0.162. The highest BCUT2D eigenvalue weighted by molar-refractivity contribution is 5.87. The lowest BCUT2D eigenvalue weighted by Crippen LogP contribution is -2.24. The van der Waals surface area contributed by atoms with E-state index in [4.69, 9.17) is 4.84 Å². The molecule has 0 unspecified atom stereocenters. The number of carbonyl (C=O) groups excluding carboxylic acids is 1. The smallest absolute Gasteiger partial charge is 0.270 e. The molecular weight excluding hydrogens is 202 g/mol. The molecule has 3 nitrogen and oxygen atoms in total. The molecule has 0 saturated heterocycles. The third-order valence-corrected chi connectivity index (χ3v) is 2.76. The standard InChI is InChI=1S/C13H21NO2/c1-10-6-11(9-13(2,3)8-10)7-12(15)14(4)16-5/h6-7H,8-9H2,1-5H3/b11-7+. The van der Waals surface area contributed by atoms with E-state index in [1.165, 1.54) is 17.7 Å². The zero-order valence-electron chi connectivity index (χ0n) is 10.8. The molecule has 0 saturated carbocycles. The summed E-state index contributed by atoms with van der Waals surface area (Å²) in [6.45, 7) is 6.56. The Kier molecular flexibility index (Phi) is 3.92. The Morgan fingerprint density at radius 1 is 1.50 bits per heavy atom. The average molecular weight is 223 g/mol. The number of amides is 1. The van der Waals surface area contributed by atoms with Crippen LogP contribution in [0.1, 0.15) is 33.6 Å². The Morgan fingerprint density at radius 3 is 2.62 bits per heavy atom. The summed E-state index contributed by atoms with van der Waals surface area (Å²) < 4.78 is 0. The zero-order valence-corrected chi connectivity index (χ0v) is 10.8. The molecule has 0 atom stereocenters. The van der Waals surface area contributed by atoms with E-state index in [1.807, 2.05) is 0 Å². The highest BCUT2D eigenvalue weighted by atomic mass is 16.7. The van der Waals surface area contributed by atoms with Crippen molar-refractivity contribution in [2.24, 2.45) is 5.41 Å². The molecular formula is C13H21NO2. The molecule has 1 rings (SSSR count). The predicted molar refractivity (Wildman–Crippen MR) is 64.6 cm³/mol. The molecule has 0 aromatic heterocycles. The highest BCUT2D eigenvalue weighted by Crippen LogP contribution is 2.37. The van der Waals surface area contributed by atoms with E-state index < -0.39 is 0 Å². The second-order valence-electron chi connectivity index (χ2n) is 5.25. The lowest BCUT2D eigenvalue weighted by atomic mass is 9.75. The number of likely N-dealkylation sites (N-methyl/N-ethyl adjacent to an activating group) is 1. The van der Waals surface area contributed by atoms with Crippen LogP contribution in [0.4, 0.5) is 0 Å². The normalized spacial score (nSPS) is 21.8. The minimum Gasteiger partial charge on any atom is -0.274 e. The first-order valence-corrected chi connectivity index (χ1v) is 5.53. The van der Waals surface area contributed by atoms with Crippen LogP contribution in [0.3, 0.4) is 0 Å². The van der Waals surface area contributed by atoms with Crippen molar-refractivity contribution >= 4 is 5.91 Å². The van der Waals surface area contributed by atoms with Crippen LogP contribution in [0.2, 0.25) is 0 Å². The fourth-order valence-corrected chi connectivity index (χ4v) is 2.22. The Labute approximate surface area is 97.7 Å². The van der Waals surface area contributed by atoms with Crippen LogP contribution in [-0.4, -0.2) is 25.1 Å². The van der Waals surface area contributed by atoms with Gasteiger partial charge in [-0.2, -0.15) is 0 Å². The Hall–Kier alpha value is -1.09. The second kappa shape index (κ2) is 4.83. The summed E-state index contributed by atoms with van der Waals surface area (Å²) >= 11 is 0. The SMILES string of the molecule is CON(C)C(=O)/C=C1\C=C(C)CC(C)(C)C1. The van der Waals surface area contributed by atoms with Crippen molar-refractivity contribution in [2.45, 2.75) is 33.6 Å². The van der Waals surface area contributed by atoms with Crippen LogP contribution in [0.25, 0.3) is 0 Å². The molecule has 0 N–H and O–H groups in total. The van der Waals surface area contributed by atoms with Crippen LogP contribution in [0, 0.1) is 5.41 Å². The number of allylic oxidation sites excluding steroid dienone is 3. The molecule has 0 spiro atoms. The average Bonchev–Trinajstić information content (AvgIpc) is 2.12. The molecule has 1 aliphatic carbocycles. The van der Waals surface area contributed by atoms with E-state index in [0.717, 1.165) is 18.4 Å². The highest BCUT2D eigenvalue weighted by Gasteiger charge is 2.24. The molecule has 0 heterocycles. The van der Waals surface area contributed by atoms with Gasteiger partial charge in [0.25, 0.3) is 5.91 Å². The summed E-state index contributed by atoms with van der Waals surface area (Å²) in [4.78, 5) is 16.5. The summed E-state index contributed by atoms with van der Waals surface area (Å²) in [5.74, 6) is -0.112. The molecule has 3 heteroatoms. The van der Waals surface area contributed by atoms with Crippen molar-refractivity contribution in [1.82, 2.24) is 5.06 Å². The van der Waals surface area contributed by atoms with Crippen molar-refractivity contribution in [3.63, 3.8) is 0 Å². The topological polar surface area (TPSA) is 29.5 Å². The summed E-state index contributed by atoms with van der Waals surface area (Å²) in [5, 5.41) is 1.23. The zero-order chi connectivity index (χ0) is 12.3. The van der Waals surface area contributed by atoms with E-state index in [9.17, 15) is 4.79 Å². The van der Waals surface area contributed by atoms with Gasteiger partial charge in [0.05, 0.1) is 7.11 Å². The number of carbonyl (C=O) groups is 1. The van der Waals surface area contributed by atoms with Crippen LogP contribution in [-0.2, 0) is 9.63 Å². The predicted octanol–water partition coefficient (Wildman–Crippen LogP) is 2.70. The lowest BCUT2D eigenvalue weighted by Gasteiger charge is -2.30. The van der Waals surface area contributed by atoms with Gasteiger partial charge >= 0.3 is 0 Å². The third-order valence-electron chi connectivity index (χ3n) is 2.76. The van der Waals surface area contributed by atoms with Crippen LogP contribution >= 0.6 is 0 Å². The minimum atomic E-state index is -0.112. The van der Waals surface area contributed by atoms with Crippen LogP contribution in [0.5, 0.6) is 0 Å². The van der Waals surface area contributed by atoms with Gasteiger partial charge in [-0.25, -0.2) is 5.06 Å². The molecule has 1 aliphatic rings. The van der Waals surface area contributed by atoms with E-state index in [2.05, 4.69) is 26.8 Å². The number of hydrogen-bond donors (Lipinski definition) is 0.